The fourth-order valence-corrected chi connectivity index (χ4v) is 3.18. The van der Waals surface area contributed by atoms with Gasteiger partial charge in [0.25, 0.3) is 0 Å². The zero-order valence-corrected chi connectivity index (χ0v) is 13.7. The Morgan fingerprint density at radius 2 is 1.86 bits per heavy atom. The molecule has 1 aromatic rings. The Hall–Kier alpha value is -1.68. The van der Waals surface area contributed by atoms with Gasteiger partial charge in [-0.2, -0.15) is 0 Å². The Morgan fingerprint density at radius 1 is 1.18 bits per heavy atom. The van der Waals surface area contributed by atoms with Gasteiger partial charge in [-0.15, -0.1) is 0 Å². The van der Waals surface area contributed by atoms with E-state index in [4.69, 9.17) is 0 Å². The maximum atomic E-state index is 11.3. The van der Waals surface area contributed by atoms with Crippen molar-refractivity contribution in [3.63, 3.8) is 0 Å². The fraction of sp³-hybridized carbons (Fsp3) is 0.556. The molecule has 2 aliphatic rings. The highest BCUT2D eigenvalue weighted by atomic mass is 16.6. The van der Waals surface area contributed by atoms with Crippen LogP contribution in [-0.4, -0.2) is 30.9 Å². The predicted octanol–water partition coefficient (Wildman–Crippen LogP) is 3.01. The average molecular weight is 303 g/mol. The highest BCUT2D eigenvalue weighted by Crippen LogP contribution is 2.46. The SMILES string of the molecule is CC12CCCCC1C(=O)OC2=O.CN(C)Cc1ccccc1. The van der Waals surface area contributed by atoms with E-state index in [0.717, 1.165) is 32.2 Å². The molecule has 2 fully saturated rings. The van der Waals surface area contributed by atoms with Crippen LogP contribution in [-0.2, 0) is 20.9 Å². The zero-order chi connectivity index (χ0) is 16.2. The molecule has 4 heteroatoms. The maximum Gasteiger partial charge on any atom is 0.320 e. The molecule has 2 atom stereocenters. The molecule has 0 N–H and O–H groups in total. The summed E-state index contributed by atoms with van der Waals surface area (Å²) in [7, 11) is 4.15. The van der Waals surface area contributed by atoms with Gasteiger partial charge in [-0.3, -0.25) is 9.59 Å². The first kappa shape index (κ1) is 16.7. The number of cyclic esters (lactones) is 2. The molecule has 0 radical (unpaired) electrons. The number of benzene rings is 1. The number of rotatable bonds is 2. The Labute approximate surface area is 132 Å². The van der Waals surface area contributed by atoms with Gasteiger partial charge < -0.3 is 9.64 Å². The lowest BCUT2D eigenvalue weighted by molar-refractivity contribution is -0.155. The van der Waals surface area contributed by atoms with Crippen molar-refractivity contribution in [2.24, 2.45) is 11.3 Å². The van der Waals surface area contributed by atoms with E-state index in [2.05, 4.69) is 48.0 Å². The van der Waals surface area contributed by atoms with Crippen molar-refractivity contribution in [2.45, 2.75) is 39.2 Å². The monoisotopic (exact) mass is 303 g/mol. The van der Waals surface area contributed by atoms with Crippen LogP contribution in [0.15, 0.2) is 30.3 Å². The van der Waals surface area contributed by atoms with E-state index in [9.17, 15) is 9.59 Å². The second-order valence-electron chi connectivity index (χ2n) is 6.65. The van der Waals surface area contributed by atoms with Crippen molar-refractivity contribution in [2.75, 3.05) is 14.1 Å². The van der Waals surface area contributed by atoms with Crippen molar-refractivity contribution >= 4 is 11.9 Å². The summed E-state index contributed by atoms with van der Waals surface area (Å²) in [5.74, 6) is -0.766. The molecule has 3 rings (SSSR count). The van der Waals surface area contributed by atoms with Gasteiger partial charge >= 0.3 is 11.9 Å². The lowest BCUT2D eigenvalue weighted by Gasteiger charge is -2.29. The summed E-state index contributed by atoms with van der Waals surface area (Å²) >= 11 is 0. The van der Waals surface area contributed by atoms with Crippen LogP contribution in [0.25, 0.3) is 0 Å². The molecule has 4 nitrogen and oxygen atoms in total. The van der Waals surface area contributed by atoms with Crippen LogP contribution in [0.5, 0.6) is 0 Å². The molecule has 0 aromatic heterocycles. The average Bonchev–Trinajstić information content (AvgIpc) is 2.70. The minimum Gasteiger partial charge on any atom is -0.392 e. The van der Waals surface area contributed by atoms with E-state index in [0.29, 0.717) is 0 Å². The largest absolute Gasteiger partial charge is 0.392 e. The van der Waals surface area contributed by atoms with Gasteiger partial charge in [0.15, 0.2) is 0 Å². The predicted molar refractivity (Wildman–Crippen MR) is 85.0 cm³/mol. The van der Waals surface area contributed by atoms with Gasteiger partial charge in [0.05, 0.1) is 11.3 Å². The first-order chi connectivity index (χ1) is 10.4. The van der Waals surface area contributed by atoms with Crippen LogP contribution in [0, 0.1) is 11.3 Å². The molecule has 0 spiro atoms. The maximum absolute atomic E-state index is 11.3. The lowest BCUT2D eigenvalue weighted by atomic mass is 9.69. The number of hydrogen-bond donors (Lipinski definition) is 0. The van der Waals surface area contributed by atoms with E-state index in [1.54, 1.807) is 0 Å². The molecule has 120 valence electrons. The number of esters is 2. The Bertz CT molecular complexity index is 526. The summed E-state index contributed by atoms with van der Waals surface area (Å²) in [4.78, 5) is 24.6. The second-order valence-corrected chi connectivity index (χ2v) is 6.65. The zero-order valence-electron chi connectivity index (χ0n) is 13.7. The normalized spacial score (nSPS) is 27.0. The van der Waals surface area contributed by atoms with Crippen LogP contribution >= 0.6 is 0 Å². The van der Waals surface area contributed by atoms with Crippen LogP contribution in [0.3, 0.4) is 0 Å². The van der Waals surface area contributed by atoms with Gasteiger partial charge in [0.2, 0.25) is 0 Å². The van der Waals surface area contributed by atoms with Crippen LogP contribution in [0.4, 0.5) is 0 Å². The Kier molecular flexibility index (Phi) is 5.35. The van der Waals surface area contributed by atoms with Crippen molar-refractivity contribution in [3.8, 4) is 0 Å². The van der Waals surface area contributed by atoms with Crippen molar-refractivity contribution in [1.82, 2.24) is 4.90 Å². The van der Waals surface area contributed by atoms with E-state index >= 15 is 0 Å². The molecule has 1 aromatic carbocycles. The van der Waals surface area contributed by atoms with Gasteiger partial charge in [0.1, 0.15) is 0 Å². The molecule has 1 aliphatic carbocycles. The summed E-state index contributed by atoms with van der Waals surface area (Å²) in [5, 5.41) is 0. The topological polar surface area (TPSA) is 46.6 Å². The molecule has 2 unspecified atom stereocenters. The lowest BCUT2D eigenvalue weighted by Crippen LogP contribution is -2.33. The number of fused-ring (bicyclic) bond motifs is 1. The van der Waals surface area contributed by atoms with Crippen molar-refractivity contribution < 1.29 is 14.3 Å². The summed E-state index contributed by atoms with van der Waals surface area (Å²) in [6.07, 6.45) is 3.71. The van der Waals surface area contributed by atoms with Crippen molar-refractivity contribution in [1.29, 1.82) is 0 Å². The molecule has 1 saturated heterocycles. The van der Waals surface area contributed by atoms with Gasteiger partial charge in [-0.1, -0.05) is 43.2 Å². The van der Waals surface area contributed by atoms with E-state index in [1.165, 1.54) is 5.56 Å². The standard InChI is InChI=1S/C9H13N.C9H12O3/c1-10(2)8-9-6-4-3-5-7-9;1-9-5-3-2-4-6(9)7(10)12-8(9)11/h3-7H,8H2,1-2H3;6H,2-5H2,1H3. The molecular formula is C18H25NO3. The van der Waals surface area contributed by atoms with Crippen LogP contribution in [0.2, 0.25) is 0 Å². The first-order valence-electron chi connectivity index (χ1n) is 7.88. The molecule has 0 bridgehead atoms. The quantitative estimate of drug-likeness (QED) is 0.622. The third-order valence-corrected chi connectivity index (χ3v) is 4.49. The summed E-state index contributed by atoms with van der Waals surface area (Å²) in [6, 6.07) is 10.5. The first-order valence-corrected chi connectivity index (χ1v) is 7.88. The number of ether oxygens (including phenoxy) is 1. The molecule has 1 aliphatic heterocycles. The van der Waals surface area contributed by atoms with Crippen LogP contribution < -0.4 is 0 Å². The minimum absolute atomic E-state index is 0.154. The number of nitrogens with zero attached hydrogens (tertiary/aromatic N) is 1. The summed E-state index contributed by atoms with van der Waals surface area (Å²) in [6.45, 7) is 2.88. The van der Waals surface area contributed by atoms with Crippen molar-refractivity contribution in [3.05, 3.63) is 35.9 Å². The third-order valence-electron chi connectivity index (χ3n) is 4.49. The number of carbonyl (C=O) groups is 2. The smallest absolute Gasteiger partial charge is 0.320 e. The minimum atomic E-state index is -0.491. The van der Waals surface area contributed by atoms with E-state index < -0.39 is 5.41 Å². The summed E-state index contributed by atoms with van der Waals surface area (Å²) in [5.41, 5.74) is 0.877. The summed E-state index contributed by atoms with van der Waals surface area (Å²) < 4.78 is 4.63. The fourth-order valence-electron chi connectivity index (χ4n) is 3.18. The molecule has 22 heavy (non-hydrogen) atoms. The number of hydrogen-bond acceptors (Lipinski definition) is 4. The van der Waals surface area contributed by atoms with E-state index in [1.807, 2.05) is 13.0 Å². The Balaban J connectivity index is 0.000000164. The molecule has 0 amide bonds. The van der Waals surface area contributed by atoms with Gasteiger partial charge in [-0.05, 0) is 39.4 Å². The van der Waals surface area contributed by atoms with Gasteiger partial charge in [-0.25, -0.2) is 0 Å². The highest BCUT2D eigenvalue weighted by Gasteiger charge is 2.54. The molecule has 1 saturated carbocycles. The van der Waals surface area contributed by atoms with Crippen LogP contribution in [0.1, 0.15) is 38.2 Å². The third kappa shape index (κ3) is 3.74. The van der Waals surface area contributed by atoms with Gasteiger partial charge in [0, 0.05) is 6.54 Å². The molecule has 1 heterocycles. The highest BCUT2D eigenvalue weighted by molar-refractivity contribution is 5.99. The number of carbonyl (C=O) groups excluding carboxylic acids is 2. The Morgan fingerprint density at radius 3 is 2.45 bits per heavy atom. The van der Waals surface area contributed by atoms with E-state index in [-0.39, 0.29) is 17.9 Å². The molecular weight excluding hydrogens is 278 g/mol. The second kappa shape index (κ2) is 7.05.